The molecular weight excluding hydrogens is 266 g/mol. The van der Waals surface area contributed by atoms with E-state index in [0.717, 1.165) is 30.7 Å². The van der Waals surface area contributed by atoms with Gasteiger partial charge in [-0.05, 0) is 37.3 Å². The number of hydrogen-bond donors (Lipinski definition) is 2. The van der Waals surface area contributed by atoms with E-state index in [-0.39, 0.29) is 18.5 Å². The summed E-state index contributed by atoms with van der Waals surface area (Å²) < 4.78 is 5.84. The Kier molecular flexibility index (Phi) is 3.96. The van der Waals surface area contributed by atoms with Crippen molar-refractivity contribution >= 4 is 18.3 Å². The number of halogens is 1. The Labute approximate surface area is 118 Å². The van der Waals surface area contributed by atoms with Gasteiger partial charge in [0.2, 0.25) is 0 Å². The molecule has 5 nitrogen and oxygen atoms in total. The Balaban J connectivity index is 0.00000133. The van der Waals surface area contributed by atoms with E-state index in [0.29, 0.717) is 17.7 Å². The summed E-state index contributed by atoms with van der Waals surface area (Å²) in [6, 6.07) is 2.29. The van der Waals surface area contributed by atoms with Crippen molar-refractivity contribution in [2.24, 2.45) is 5.73 Å². The van der Waals surface area contributed by atoms with E-state index in [4.69, 9.17) is 10.5 Å². The van der Waals surface area contributed by atoms with Crippen LogP contribution in [-0.4, -0.2) is 29.6 Å². The molecule has 104 valence electrons. The van der Waals surface area contributed by atoms with Gasteiger partial charge in [0.05, 0.1) is 6.20 Å². The third-order valence-corrected chi connectivity index (χ3v) is 3.63. The molecule has 0 aromatic carbocycles. The second kappa shape index (κ2) is 5.35. The molecule has 0 radical (unpaired) electrons. The fraction of sp³-hybridized carbons (Fsp3) is 0.538. The smallest absolute Gasteiger partial charge is 0.267 e. The Hall–Kier alpha value is -1.33. The van der Waals surface area contributed by atoms with E-state index in [1.807, 2.05) is 6.07 Å². The molecule has 3 rings (SSSR count). The third-order valence-electron chi connectivity index (χ3n) is 3.63. The number of nitrogens with two attached hydrogens (primary N) is 1. The standard InChI is InChI=1S/C13H17N3O2.ClH/c1-7-11(6-15-7)18-9-4-10(8-2-3-8)12(13(14)17)16-5-9;/h4-5,7-8,11,15H,2-3,6H2,1H3,(H2,14,17);1H/t7-,11+;/m1./s1. The monoisotopic (exact) mass is 283 g/mol. The van der Waals surface area contributed by atoms with Crippen LogP contribution in [0.15, 0.2) is 12.3 Å². The first-order valence-corrected chi connectivity index (χ1v) is 6.35. The maximum atomic E-state index is 11.3. The van der Waals surface area contributed by atoms with Crippen molar-refractivity contribution in [2.45, 2.75) is 37.8 Å². The van der Waals surface area contributed by atoms with Gasteiger partial charge in [-0.15, -0.1) is 12.4 Å². The van der Waals surface area contributed by atoms with Crippen LogP contribution in [0, 0.1) is 0 Å². The highest BCUT2D eigenvalue weighted by atomic mass is 35.5. The zero-order chi connectivity index (χ0) is 12.7. The Morgan fingerprint density at radius 2 is 2.26 bits per heavy atom. The van der Waals surface area contributed by atoms with Gasteiger partial charge in [-0.25, -0.2) is 4.98 Å². The van der Waals surface area contributed by atoms with Crippen molar-refractivity contribution in [1.82, 2.24) is 10.3 Å². The normalized spacial score (nSPS) is 25.1. The average Bonchev–Trinajstić information content (AvgIpc) is 3.18. The zero-order valence-electron chi connectivity index (χ0n) is 10.8. The van der Waals surface area contributed by atoms with Gasteiger partial charge in [0.1, 0.15) is 17.5 Å². The largest absolute Gasteiger partial charge is 0.486 e. The maximum absolute atomic E-state index is 11.3. The molecule has 2 atom stereocenters. The summed E-state index contributed by atoms with van der Waals surface area (Å²) in [4.78, 5) is 15.5. The van der Waals surface area contributed by atoms with E-state index in [2.05, 4.69) is 17.2 Å². The number of amides is 1. The lowest BCUT2D eigenvalue weighted by atomic mass is 10.1. The van der Waals surface area contributed by atoms with Crippen LogP contribution in [0.2, 0.25) is 0 Å². The van der Waals surface area contributed by atoms with E-state index in [1.54, 1.807) is 6.20 Å². The molecule has 0 bridgehead atoms. The lowest BCUT2D eigenvalue weighted by Gasteiger charge is -2.35. The molecule has 2 fully saturated rings. The molecule has 1 aliphatic carbocycles. The highest BCUT2D eigenvalue weighted by Crippen LogP contribution is 2.42. The number of rotatable bonds is 4. The molecule has 19 heavy (non-hydrogen) atoms. The number of carbonyl (C=O) groups is 1. The molecule has 3 N–H and O–H groups in total. The number of hydrogen-bond acceptors (Lipinski definition) is 4. The van der Waals surface area contributed by atoms with Gasteiger partial charge in [-0.3, -0.25) is 4.79 Å². The number of pyridine rings is 1. The molecule has 1 saturated carbocycles. The van der Waals surface area contributed by atoms with Crippen molar-refractivity contribution in [3.8, 4) is 5.75 Å². The van der Waals surface area contributed by atoms with Crippen molar-refractivity contribution < 1.29 is 9.53 Å². The summed E-state index contributed by atoms with van der Waals surface area (Å²) >= 11 is 0. The van der Waals surface area contributed by atoms with E-state index in [1.165, 1.54) is 0 Å². The van der Waals surface area contributed by atoms with Gasteiger partial charge in [0, 0.05) is 12.6 Å². The van der Waals surface area contributed by atoms with Gasteiger partial charge in [0.15, 0.2) is 0 Å². The maximum Gasteiger partial charge on any atom is 0.267 e. The second-order valence-corrected chi connectivity index (χ2v) is 5.10. The minimum atomic E-state index is -0.456. The summed E-state index contributed by atoms with van der Waals surface area (Å²) in [5.41, 5.74) is 6.68. The van der Waals surface area contributed by atoms with Gasteiger partial charge < -0.3 is 15.8 Å². The van der Waals surface area contributed by atoms with Gasteiger partial charge in [0.25, 0.3) is 5.91 Å². The Morgan fingerprint density at radius 3 is 2.74 bits per heavy atom. The van der Waals surface area contributed by atoms with Crippen molar-refractivity contribution in [2.75, 3.05) is 6.54 Å². The number of ether oxygens (including phenoxy) is 1. The van der Waals surface area contributed by atoms with E-state index >= 15 is 0 Å². The van der Waals surface area contributed by atoms with E-state index < -0.39 is 5.91 Å². The molecule has 0 unspecified atom stereocenters. The molecule has 1 saturated heterocycles. The SMILES string of the molecule is C[C@H]1NC[C@@H]1Oc1cnc(C(N)=O)c(C2CC2)c1.Cl. The fourth-order valence-electron chi connectivity index (χ4n) is 2.21. The number of carbonyl (C=O) groups excluding carboxylic acids is 1. The number of nitrogens with one attached hydrogen (secondary N) is 1. The molecule has 6 heteroatoms. The van der Waals surface area contributed by atoms with Crippen LogP contribution in [0.3, 0.4) is 0 Å². The van der Waals surface area contributed by atoms with Gasteiger partial charge >= 0.3 is 0 Å². The van der Waals surface area contributed by atoms with Crippen molar-refractivity contribution in [1.29, 1.82) is 0 Å². The minimum Gasteiger partial charge on any atom is -0.486 e. The molecular formula is C13H18ClN3O2. The first-order valence-electron chi connectivity index (χ1n) is 6.35. The summed E-state index contributed by atoms with van der Waals surface area (Å²) in [7, 11) is 0. The molecule has 1 aromatic rings. The summed E-state index contributed by atoms with van der Waals surface area (Å²) in [5, 5.41) is 3.24. The molecule has 2 aliphatic rings. The lowest BCUT2D eigenvalue weighted by Crippen LogP contribution is -2.58. The summed E-state index contributed by atoms with van der Waals surface area (Å²) in [6.07, 6.45) is 4.00. The molecule has 1 aliphatic heterocycles. The van der Waals surface area contributed by atoms with Gasteiger partial charge in [-0.2, -0.15) is 0 Å². The minimum absolute atomic E-state index is 0. The second-order valence-electron chi connectivity index (χ2n) is 5.10. The fourth-order valence-corrected chi connectivity index (χ4v) is 2.21. The van der Waals surface area contributed by atoms with Crippen LogP contribution in [0.5, 0.6) is 5.75 Å². The van der Waals surface area contributed by atoms with Crippen LogP contribution in [0.25, 0.3) is 0 Å². The van der Waals surface area contributed by atoms with Crippen molar-refractivity contribution in [3.63, 3.8) is 0 Å². The first-order chi connectivity index (χ1) is 8.65. The molecule has 2 heterocycles. The van der Waals surface area contributed by atoms with Crippen molar-refractivity contribution in [3.05, 3.63) is 23.5 Å². The van der Waals surface area contributed by atoms with Gasteiger partial charge in [-0.1, -0.05) is 0 Å². The van der Waals surface area contributed by atoms with Crippen LogP contribution in [-0.2, 0) is 0 Å². The summed E-state index contributed by atoms with van der Waals surface area (Å²) in [5.74, 6) is 0.711. The Bertz CT molecular complexity index is 491. The average molecular weight is 284 g/mol. The van der Waals surface area contributed by atoms with Crippen LogP contribution in [0.1, 0.15) is 41.7 Å². The quantitative estimate of drug-likeness (QED) is 0.871. The predicted octanol–water partition coefficient (Wildman–Crippen LogP) is 1.22. The van der Waals surface area contributed by atoms with E-state index in [9.17, 15) is 4.79 Å². The zero-order valence-corrected chi connectivity index (χ0v) is 11.6. The lowest BCUT2D eigenvalue weighted by molar-refractivity contribution is 0.0930. The third kappa shape index (κ3) is 2.82. The molecule has 0 spiro atoms. The van der Waals surface area contributed by atoms with Crippen LogP contribution >= 0.6 is 12.4 Å². The molecule has 1 aromatic heterocycles. The number of nitrogens with zero attached hydrogens (tertiary/aromatic N) is 1. The summed E-state index contributed by atoms with van der Waals surface area (Å²) in [6.45, 7) is 2.94. The number of aromatic nitrogens is 1. The first kappa shape index (κ1) is 14.1. The Morgan fingerprint density at radius 1 is 1.53 bits per heavy atom. The predicted molar refractivity (Wildman–Crippen MR) is 73.9 cm³/mol. The highest BCUT2D eigenvalue weighted by molar-refractivity contribution is 5.92. The number of primary amides is 1. The topological polar surface area (TPSA) is 77.2 Å². The van der Waals surface area contributed by atoms with Crippen LogP contribution < -0.4 is 15.8 Å². The molecule has 1 amide bonds. The van der Waals surface area contributed by atoms with Crippen LogP contribution in [0.4, 0.5) is 0 Å². The highest BCUT2D eigenvalue weighted by Gasteiger charge is 2.31.